The number of rotatable bonds is 2. The van der Waals surface area contributed by atoms with Crippen LogP contribution < -0.4 is 11.1 Å². The van der Waals surface area contributed by atoms with Gasteiger partial charge >= 0.3 is 12.4 Å². The van der Waals surface area contributed by atoms with Crippen molar-refractivity contribution in [2.24, 2.45) is 0 Å². The van der Waals surface area contributed by atoms with Gasteiger partial charge < -0.3 is 11.1 Å². The van der Waals surface area contributed by atoms with Crippen molar-refractivity contribution in [3.8, 4) is 6.07 Å². The number of nitrogen functional groups attached to an aromatic ring is 1. The van der Waals surface area contributed by atoms with E-state index in [-0.39, 0.29) is 11.3 Å². The van der Waals surface area contributed by atoms with Gasteiger partial charge in [-0.25, -0.2) is 0 Å². The SMILES string of the molecule is N#Cc1ccc(Nc2c(C(F)(F)F)ccc(N)c2C(F)(F)F)cc1. The van der Waals surface area contributed by atoms with Gasteiger partial charge in [-0.1, -0.05) is 0 Å². The van der Waals surface area contributed by atoms with Crippen LogP contribution in [0.3, 0.4) is 0 Å². The van der Waals surface area contributed by atoms with Crippen LogP contribution in [0.1, 0.15) is 16.7 Å². The summed E-state index contributed by atoms with van der Waals surface area (Å²) in [5.41, 5.74) is 0.315. The topological polar surface area (TPSA) is 61.8 Å². The first kappa shape index (κ1) is 17.5. The van der Waals surface area contributed by atoms with Gasteiger partial charge in [0, 0.05) is 11.4 Å². The van der Waals surface area contributed by atoms with Crippen molar-refractivity contribution in [3.63, 3.8) is 0 Å². The second-order valence-corrected chi connectivity index (χ2v) is 4.76. The summed E-state index contributed by atoms with van der Waals surface area (Å²) in [5, 5.41) is 10.8. The second kappa shape index (κ2) is 5.96. The largest absolute Gasteiger partial charge is 0.420 e. The number of anilines is 3. The molecule has 0 atom stereocenters. The monoisotopic (exact) mass is 345 g/mol. The Labute approximate surface area is 132 Å². The summed E-state index contributed by atoms with van der Waals surface area (Å²) < 4.78 is 78.7. The maximum absolute atomic E-state index is 13.2. The molecule has 2 rings (SSSR count). The van der Waals surface area contributed by atoms with Gasteiger partial charge in [-0.05, 0) is 36.4 Å². The minimum atomic E-state index is -5.08. The highest BCUT2D eigenvalue weighted by molar-refractivity contribution is 5.74. The average Bonchev–Trinajstić information content (AvgIpc) is 2.45. The van der Waals surface area contributed by atoms with E-state index < -0.39 is 34.9 Å². The Hall–Kier alpha value is -2.89. The highest BCUT2D eigenvalue weighted by Gasteiger charge is 2.42. The van der Waals surface area contributed by atoms with Crippen molar-refractivity contribution in [1.82, 2.24) is 0 Å². The normalized spacial score (nSPS) is 11.9. The van der Waals surface area contributed by atoms with Gasteiger partial charge in [-0.15, -0.1) is 0 Å². The standard InChI is InChI=1S/C15H9F6N3/c16-14(17,18)10-5-6-11(23)12(15(19,20)21)13(10)24-9-3-1-8(7-22)2-4-9/h1-6,24H,23H2. The van der Waals surface area contributed by atoms with Crippen LogP contribution in [0.15, 0.2) is 36.4 Å². The Balaban J connectivity index is 2.64. The van der Waals surface area contributed by atoms with Gasteiger partial charge in [0.15, 0.2) is 0 Å². The minimum Gasteiger partial charge on any atom is -0.398 e. The van der Waals surface area contributed by atoms with Crippen LogP contribution in [0.25, 0.3) is 0 Å². The average molecular weight is 345 g/mol. The van der Waals surface area contributed by atoms with Gasteiger partial charge in [0.1, 0.15) is 5.56 Å². The first-order valence-corrected chi connectivity index (χ1v) is 6.38. The van der Waals surface area contributed by atoms with Crippen LogP contribution in [0.4, 0.5) is 43.4 Å². The van der Waals surface area contributed by atoms with E-state index in [2.05, 4.69) is 5.32 Å². The van der Waals surface area contributed by atoms with Crippen molar-refractivity contribution in [1.29, 1.82) is 5.26 Å². The van der Waals surface area contributed by atoms with Gasteiger partial charge in [0.2, 0.25) is 0 Å². The van der Waals surface area contributed by atoms with Gasteiger partial charge in [-0.2, -0.15) is 31.6 Å². The molecule has 0 radical (unpaired) electrons. The van der Waals surface area contributed by atoms with E-state index in [9.17, 15) is 26.3 Å². The lowest BCUT2D eigenvalue weighted by Crippen LogP contribution is -2.17. The number of nitriles is 1. The molecule has 0 fully saturated rings. The summed E-state index contributed by atoms with van der Waals surface area (Å²) in [7, 11) is 0. The highest BCUT2D eigenvalue weighted by Crippen LogP contribution is 2.46. The fourth-order valence-electron chi connectivity index (χ4n) is 2.06. The molecule has 126 valence electrons. The molecule has 3 nitrogen and oxygen atoms in total. The van der Waals surface area contributed by atoms with Crippen LogP contribution >= 0.6 is 0 Å². The van der Waals surface area contributed by atoms with Crippen LogP contribution in [0.2, 0.25) is 0 Å². The van der Waals surface area contributed by atoms with Gasteiger partial charge in [0.25, 0.3) is 0 Å². The number of hydrogen-bond donors (Lipinski definition) is 2. The number of nitrogens with two attached hydrogens (primary N) is 1. The second-order valence-electron chi connectivity index (χ2n) is 4.76. The zero-order chi connectivity index (χ0) is 18.1. The Kier molecular flexibility index (Phi) is 4.34. The van der Waals surface area contributed by atoms with Crippen LogP contribution in [0.5, 0.6) is 0 Å². The molecule has 0 aliphatic rings. The number of nitrogens with zero attached hydrogens (tertiary/aromatic N) is 1. The fourth-order valence-corrected chi connectivity index (χ4v) is 2.06. The first-order chi connectivity index (χ1) is 11.0. The summed E-state index contributed by atoms with van der Waals surface area (Å²) in [6.45, 7) is 0. The molecule has 0 aliphatic heterocycles. The summed E-state index contributed by atoms with van der Waals surface area (Å²) in [4.78, 5) is 0. The molecule has 0 saturated carbocycles. The molecule has 0 spiro atoms. The molecule has 24 heavy (non-hydrogen) atoms. The summed E-state index contributed by atoms with van der Waals surface area (Å²) in [6, 6.07) is 7.75. The maximum Gasteiger partial charge on any atom is 0.420 e. The number of nitrogens with one attached hydrogen (secondary N) is 1. The van der Waals surface area contributed by atoms with Crippen LogP contribution in [-0.4, -0.2) is 0 Å². The number of hydrogen-bond acceptors (Lipinski definition) is 3. The van der Waals surface area contributed by atoms with Crippen LogP contribution in [0, 0.1) is 11.3 Å². The zero-order valence-electron chi connectivity index (χ0n) is 11.8. The molecule has 2 aromatic rings. The van der Waals surface area contributed by atoms with Crippen molar-refractivity contribution in [2.45, 2.75) is 12.4 Å². The van der Waals surface area contributed by atoms with E-state index in [4.69, 9.17) is 11.0 Å². The third-order valence-corrected chi connectivity index (χ3v) is 3.11. The Bertz CT molecular complexity index is 785. The molecule has 0 saturated heterocycles. The maximum atomic E-state index is 13.2. The lowest BCUT2D eigenvalue weighted by Gasteiger charge is -2.21. The van der Waals surface area contributed by atoms with Crippen molar-refractivity contribution in [3.05, 3.63) is 53.1 Å². The highest BCUT2D eigenvalue weighted by atomic mass is 19.4. The molecule has 9 heteroatoms. The molecule has 0 bridgehead atoms. The van der Waals surface area contributed by atoms with E-state index in [0.29, 0.717) is 12.1 Å². The number of halogens is 6. The van der Waals surface area contributed by atoms with Gasteiger partial charge in [-0.3, -0.25) is 0 Å². The quantitative estimate of drug-likeness (QED) is 0.600. The Morgan fingerprint density at radius 2 is 1.46 bits per heavy atom. The molecule has 0 aliphatic carbocycles. The lowest BCUT2D eigenvalue weighted by atomic mass is 10.0. The van der Waals surface area contributed by atoms with E-state index in [1.165, 1.54) is 24.3 Å². The van der Waals surface area contributed by atoms with E-state index in [1.807, 2.05) is 0 Å². The van der Waals surface area contributed by atoms with Gasteiger partial charge in [0.05, 0.1) is 22.9 Å². The molecule has 0 heterocycles. The summed E-state index contributed by atoms with van der Waals surface area (Å²) in [5.74, 6) is 0. The molecule has 3 N–H and O–H groups in total. The molecule has 2 aromatic carbocycles. The molecular weight excluding hydrogens is 336 g/mol. The minimum absolute atomic E-state index is 0.0457. The van der Waals surface area contributed by atoms with Crippen LogP contribution in [-0.2, 0) is 12.4 Å². The van der Waals surface area contributed by atoms with E-state index in [1.54, 1.807) is 6.07 Å². The van der Waals surface area contributed by atoms with E-state index in [0.717, 1.165) is 0 Å². The first-order valence-electron chi connectivity index (χ1n) is 6.38. The molecule has 0 unspecified atom stereocenters. The van der Waals surface area contributed by atoms with Crippen molar-refractivity contribution >= 4 is 17.1 Å². The molecular formula is C15H9F6N3. The number of alkyl halides is 6. The number of benzene rings is 2. The predicted octanol–water partition coefficient (Wildman–Crippen LogP) is 4.92. The predicted molar refractivity (Wildman–Crippen MR) is 75.3 cm³/mol. The lowest BCUT2D eigenvalue weighted by molar-refractivity contribution is -0.141. The van der Waals surface area contributed by atoms with Crippen molar-refractivity contribution in [2.75, 3.05) is 11.1 Å². The third-order valence-electron chi connectivity index (χ3n) is 3.11. The smallest absolute Gasteiger partial charge is 0.398 e. The Morgan fingerprint density at radius 3 is 1.92 bits per heavy atom. The summed E-state index contributed by atoms with van der Waals surface area (Å²) in [6.07, 6.45) is -10.1. The fraction of sp³-hybridized carbons (Fsp3) is 0.133. The molecule has 0 aromatic heterocycles. The summed E-state index contributed by atoms with van der Waals surface area (Å²) >= 11 is 0. The zero-order valence-corrected chi connectivity index (χ0v) is 11.8. The van der Waals surface area contributed by atoms with E-state index >= 15 is 0 Å². The third kappa shape index (κ3) is 3.53. The molecule has 0 amide bonds. The van der Waals surface area contributed by atoms with Crippen molar-refractivity contribution < 1.29 is 26.3 Å². The Morgan fingerprint density at radius 1 is 0.875 bits per heavy atom.